The molecule has 1 saturated heterocycles. The first-order chi connectivity index (χ1) is 11.7. The molecule has 8 nitrogen and oxygen atoms in total. The highest BCUT2D eigenvalue weighted by atomic mass is 35.5. The minimum Gasteiger partial charge on any atom is -0.336 e. The van der Waals surface area contributed by atoms with Crippen molar-refractivity contribution in [1.82, 2.24) is 9.21 Å². The number of hydrogen-bond donors (Lipinski definition) is 2. The van der Waals surface area contributed by atoms with E-state index in [0.29, 0.717) is 23.6 Å². The van der Waals surface area contributed by atoms with Crippen molar-refractivity contribution in [3.8, 4) is 0 Å². The third-order valence-corrected chi connectivity index (χ3v) is 5.38. The lowest BCUT2D eigenvalue weighted by Crippen LogP contribution is -2.46. The van der Waals surface area contributed by atoms with Crippen molar-refractivity contribution in [3.63, 3.8) is 0 Å². The van der Waals surface area contributed by atoms with E-state index in [-0.39, 0.29) is 37.4 Å². The molecule has 0 saturated carbocycles. The molecule has 3 N–H and O–H groups in total. The molecule has 10 heteroatoms. The third kappa shape index (κ3) is 5.67. The highest BCUT2D eigenvalue weighted by Gasteiger charge is 2.31. The van der Waals surface area contributed by atoms with Gasteiger partial charge in [0.25, 0.3) is 10.2 Å². The Morgan fingerprint density at radius 3 is 2.36 bits per heavy atom. The number of halogens is 1. The summed E-state index contributed by atoms with van der Waals surface area (Å²) in [5.41, 5.74) is 0.594. The van der Waals surface area contributed by atoms with Crippen molar-refractivity contribution in [2.24, 2.45) is 11.1 Å². The van der Waals surface area contributed by atoms with E-state index >= 15 is 0 Å². The van der Waals surface area contributed by atoms with Gasteiger partial charge in [-0.15, -0.1) is 0 Å². The number of rotatable bonds is 5. The fourth-order valence-corrected chi connectivity index (χ4v) is 3.54. The first-order valence-corrected chi connectivity index (χ1v) is 9.63. The van der Waals surface area contributed by atoms with Crippen molar-refractivity contribution in [1.29, 1.82) is 0 Å². The molecule has 1 aliphatic heterocycles. The van der Waals surface area contributed by atoms with Crippen LogP contribution in [-0.4, -0.2) is 56.1 Å². The molecule has 0 atom stereocenters. The summed E-state index contributed by atoms with van der Waals surface area (Å²) in [6.07, 6.45) is 0.775. The molecule has 1 aliphatic rings. The molecule has 1 aromatic rings. The van der Waals surface area contributed by atoms with Crippen LogP contribution in [0.25, 0.3) is 0 Å². The minimum atomic E-state index is -3.72. The second-order valence-corrected chi connectivity index (χ2v) is 7.95. The Labute approximate surface area is 152 Å². The first-order valence-electron chi connectivity index (χ1n) is 7.75. The Morgan fingerprint density at radius 2 is 1.84 bits per heavy atom. The molecular weight excluding hydrogens is 368 g/mol. The van der Waals surface area contributed by atoms with Gasteiger partial charge in [-0.2, -0.15) is 12.7 Å². The monoisotopic (exact) mass is 388 g/mol. The van der Waals surface area contributed by atoms with Crippen molar-refractivity contribution in [2.45, 2.75) is 12.8 Å². The first kappa shape index (κ1) is 19.6. The topological polar surface area (TPSA) is 113 Å². The molecule has 2 amide bonds. The number of likely N-dealkylation sites (N-methyl/N-ethyl adjacent to an activating group) is 1. The lowest BCUT2D eigenvalue weighted by atomic mass is 9.96. The molecule has 0 aliphatic carbocycles. The number of carbonyl (C=O) groups excluding carboxylic acids is 2. The van der Waals surface area contributed by atoms with E-state index in [1.807, 2.05) is 0 Å². The fourth-order valence-electron chi connectivity index (χ4n) is 2.70. The number of piperidine rings is 1. The van der Waals surface area contributed by atoms with Crippen LogP contribution in [0, 0.1) is 5.92 Å². The van der Waals surface area contributed by atoms with Crippen LogP contribution in [0.2, 0.25) is 5.02 Å². The summed E-state index contributed by atoms with van der Waals surface area (Å²) in [6, 6.07) is 6.66. The van der Waals surface area contributed by atoms with Gasteiger partial charge < -0.3 is 10.2 Å². The Bertz CT molecular complexity index is 730. The average molecular weight is 389 g/mol. The van der Waals surface area contributed by atoms with Gasteiger partial charge in [0.05, 0.1) is 6.54 Å². The number of anilines is 1. The summed E-state index contributed by atoms with van der Waals surface area (Å²) < 4.78 is 23.7. The Kier molecular flexibility index (Phi) is 6.39. The molecule has 0 spiro atoms. The molecule has 2 rings (SSSR count). The van der Waals surface area contributed by atoms with E-state index in [4.69, 9.17) is 16.7 Å². The fraction of sp³-hybridized carbons (Fsp3) is 0.467. The summed E-state index contributed by atoms with van der Waals surface area (Å²) in [7, 11) is -2.17. The molecule has 1 fully saturated rings. The Morgan fingerprint density at radius 1 is 1.28 bits per heavy atom. The summed E-state index contributed by atoms with van der Waals surface area (Å²) in [5, 5.41) is 8.34. The highest BCUT2D eigenvalue weighted by Crippen LogP contribution is 2.20. The van der Waals surface area contributed by atoms with Gasteiger partial charge in [-0.25, -0.2) is 5.14 Å². The van der Waals surface area contributed by atoms with E-state index in [0.717, 1.165) is 4.31 Å². The van der Waals surface area contributed by atoms with Crippen LogP contribution in [0.1, 0.15) is 12.8 Å². The maximum Gasteiger partial charge on any atom is 0.276 e. The summed E-state index contributed by atoms with van der Waals surface area (Å²) in [4.78, 5) is 25.8. The van der Waals surface area contributed by atoms with Gasteiger partial charge in [-0.05, 0) is 37.1 Å². The van der Waals surface area contributed by atoms with Crippen LogP contribution in [0.15, 0.2) is 24.3 Å². The summed E-state index contributed by atoms with van der Waals surface area (Å²) in [6.45, 7) is 0.330. The van der Waals surface area contributed by atoms with E-state index in [2.05, 4.69) is 5.32 Å². The number of amides is 2. The van der Waals surface area contributed by atoms with Crippen molar-refractivity contribution in [3.05, 3.63) is 29.3 Å². The number of nitrogens with zero attached hydrogens (tertiary/aromatic N) is 2. The predicted molar refractivity (Wildman–Crippen MR) is 95.1 cm³/mol. The second kappa shape index (κ2) is 8.13. The van der Waals surface area contributed by atoms with E-state index in [9.17, 15) is 18.0 Å². The van der Waals surface area contributed by atoms with Gasteiger partial charge in [0, 0.05) is 36.8 Å². The number of benzene rings is 1. The highest BCUT2D eigenvalue weighted by molar-refractivity contribution is 7.86. The van der Waals surface area contributed by atoms with Crippen LogP contribution in [0.5, 0.6) is 0 Å². The van der Waals surface area contributed by atoms with E-state index < -0.39 is 10.2 Å². The normalized spacial score (nSPS) is 16.4. The number of nitrogens with one attached hydrogen (secondary N) is 1. The van der Waals surface area contributed by atoms with Gasteiger partial charge in [-0.3, -0.25) is 9.59 Å². The molecule has 0 bridgehead atoms. The lowest BCUT2D eigenvalue weighted by Gasteiger charge is -2.31. The second-order valence-electron chi connectivity index (χ2n) is 5.97. The van der Waals surface area contributed by atoms with E-state index in [1.165, 1.54) is 4.90 Å². The Balaban J connectivity index is 1.84. The predicted octanol–water partition coefficient (Wildman–Crippen LogP) is 0.652. The number of nitrogens with two attached hydrogens (primary N) is 1. The largest absolute Gasteiger partial charge is 0.336 e. The van der Waals surface area contributed by atoms with Gasteiger partial charge in [0.1, 0.15) is 0 Å². The number of carbonyl (C=O) groups is 2. The van der Waals surface area contributed by atoms with Crippen LogP contribution in [-0.2, 0) is 19.8 Å². The quantitative estimate of drug-likeness (QED) is 0.771. The van der Waals surface area contributed by atoms with Gasteiger partial charge in [-0.1, -0.05) is 11.6 Å². The van der Waals surface area contributed by atoms with Crippen LogP contribution in [0.3, 0.4) is 0 Å². The van der Waals surface area contributed by atoms with Gasteiger partial charge in [0.15, 0.2) is 0 Å². The van der Waals surface area contributed by atoms with Crippen molar-refractivity contribution < 1.29 is 18.0 Å². The molecule has 1 heterocycles. The third-order valence-electron chi connectivity index (χ3n) is 4.05. The van der Waals surface area contributed by atoms with Crippen LogP contribution < -0.4 is 10.5 Å². The lowest BCUT2D eigenvalue weighted by molar-refractivity contribution is -0.138. The van der Waals surface area contributed by atoms with Crippen molar-refractivity contribution in [2.75, 3.05) is 32.0 Å². The summed E-state index contributed by atoms with van der Waals surface area (Å²) >= 11 is 5.78. The zero-order valence-corrected chi connectivity index (χ0v) is 15.4. The minimum absolute atomic E-state index is 0.0864. The molecule has 0 unspecified atom stereocenters. The zero-order chi connectivity index (χ0) is 18.6. The molecule has 0 radical (unpaired) electrons. The SMILES string of the molecule is CN(CC(=O)Nc1ccc(Cl)cc1)C(=O)C1CCN(S(N)(=O)=O)CC1. The van der Waals surface area contributed by atoms with Crippen molar-refractivity contribution >= 4 is 39.3 Å². The average Bonchev–Trinajstić information content (AvgIpc) is 2.55. The molecular formula is C15H21ClN4O4S. The van der Waals surface area contributed by atoms with Gasteiger partial charge in [0.2, 0.25) is 11.8 Å². The Hall–Kier alpha value is -1.68. The van der Waals surface area contributed by atoms with Crippen LogP contribution in [0.4, 0.5) is 5.69 Å². The molecule has 25 heavy (non-hydrogen) atoms. The summed E-state index contributed by atoms with van der Waals surface area (Å²) in [5.74, 6) is -0.813. The maximum atomic E-state index is 12.4. The maximum absolute atomic E-state index is 12.4. The standard InChI is InChI=1S/C15H21ClN4O4S/c1-19(10-14(21)18-13-4-2-12(16)3-5-13)15(22)11-6-8-20(9-7-11)25(17,23)24/h2-5,11H,6-10H2,1H3,(H,18,21)(H2,17,23,24). The zero-order valence-electron chi connectivity index (χ0n) is 13.8. The van der Waals surface area contributed by atoms with Crippen LogP contribution >= 0.6 is 11.6 Å². The molecule has 138 valence electrons. The smallest absolute Gasteiger partial charge is 0.276 e. The molecule has 1 aromatic carbocycles. The molecule has 0 aromatic heterocycles. The van der Waals surface area contributed by atoms with E-state index in [1.54, 1.807) is 31.3 Å². The number of hydrogen-bond acceptors (Lipinski definition) is 4. The van der Waals surface area contributed by atoms with Gasteiger partial charge >= 0.3 is 0 Å².